The number of rotatable bonds is 8. The maximum absolute atomic E-state index is 12.6. The molecule has 1 aromatic carbocycles. The fourth-order valence-electron chi connectivity index (χ4n) is 3.85. The molecule has 10 heteroatoms. The standard InChI is InChI=1S/C24H27N5O4S/c1-32-17-6-7-18(20(13-17)33-2)19-15-34-24(26-19)28-22(30)14-29-11-8-16(9-12-29)23(31)27-21-5-3-4-10-25-21/h3-7,10,13,15-16H,8-9,11-12,14H2,1-2H3,(H,25,27,31)(H,26,28,30). The van der Waals surface area contributed by atoms with Gasteiger partial charge in [-0.15, -0.1) is 11.3 Å². The van der Waals surface area contributed by atoms with Crippen molar-refractivity contribution in [2.75, 3.05) is 44.5 Å². The number of aromatic nitrogens is 2. The van der Waals surface area contributed by atoms with Gasteiger partial charge in [0.2, 0.25) is 11.8 Å². The predicted octanol–water partition coefficient (Wildman–Crippen LogP) is 3.51. The number of piperidine rings is 1. The molecule has 0 aliphatic carbocycles. The second kappa shape index (κ2) is 11.1. The highest BCUT2D eigenvalue weighted by atomic mass is 32.1. The molecule has 9 nitrogen and oxygen atoms in total. The zero-order valence-corrected chi connectivity index (χ0v) is 19.9. The molecule has 0 bridgehead atoms. The summed E-state index contributed by atoms with van der Waals surface area (Å²) in [6.07, 6.45) is 3.05. The lowest BCUT2D eigenvalue weighted by Gasteiger charge is -2.30. The van der Waals surface area contributed by atoms with Gasteiger partial charge in [0.15, 0.2) is 5.13 Å². The van der Waals surface area contributed by atoms with E-state index in [9.17, 15) is 9.59 Å². The Morgan fingerprint density at radius 2 is 1.94 bits per heavy atom. The van der Waals surface area contributed by atoms with E-state index in [1.54, 1.807) is 32.5 Å². The summed E-state index contributed by atoms with van der Waals surface area (Å²) in [5.41, 5.74) is 1.55. The molecule has 1 fully saturated rings. The summed E-state index contributed by atoms with van der Waals surface area (Å²) in [7, 11) is 3.20. The molecule has 4 rings (SSSR count). The number of hydrogen-bond acceptors (Lipinski definition) is 8. The number of likely N-dealkylation sites (tertiary alicyclic amines) is 1. The Morgan fingerprint density at radius 3 is 2.65 bits per heavy atom. The third-order valence-corrected chi connectivity index (χ3v) is 6.43. The van der Waals surface area contributed by atoms with Gasteiger partial charge >= 0.3 is 0 Å². The van der Waals surface area contributed by atoms with Crippen LogP contribution in [0.25, 0.3) is 11.3 Å². The smallest absolute Gasteiger partial charge is 0.240 e. The molecule has 1 aliphatic rings. The van der Waals surface area contributed by atoms with Crippen molar-refractivity contribution in [3.8, 4) is 22.8 Å². The van der Waals surface area contributed by atoms with E-state index in [0.29, 0.717) is 48.4 Å². The van der Waals surface area contributed by atoms with Crippen LogP contribution < -0.4 is 20.1 Å². The summed E-state index contributed by atoms with van der Waals surface area (Å²) in [5, 5.41) is 8.15. The van der Waals surface area contributed by atoms with E-state index in [2.05, 4.69) is 25.5 Å². The topological polar surface area (TPSA) is 106 Å². The van der Waals surface area contributed by atoms with Gasteiger partial charge in [-0.2, -0.15) is 0 Å². The van der Waals surface area contributed by atoms with Crippen molar-refractivity contribution in [1.82, 2.24) is 14.9 Å². The number of nitrogens with one attached hydrogen (secondary N) is 2. The number of nitrogens with zero attached hydrogens (tertiary/aromatic N) is 3. The van der Waals surface area contributed by atoms with Crippen LogP contribution in [0.2, 0.25) is 0 Å². The number of hydrogen-bond donors (Lipinski definition) is 2. The van der Waals surface area contributed by atoms with E-state index >= 15 is 0 Å². The number of carbonyl (C=O) groups excluding carboxylic acids is 2. The number of methoxy groups -OCH3 is 2. The maximum atomic E-state index is 12.6. The van der Waals surface area contributed by atoms with Gasteiger partial charge in [0, 0.05) is 29.1 Å². The van der Waals surface area contributed by atoms with Crippen LogP contribution in [0.4, 0.5) is 10.9 Å². The SMILES string of the molecule is COc1ccc(-c2csc(NC(=O)CN3CCC(C(=O)Nc4ccccn4)CC3)n2)c(OC)c1. The lowest BCUT2D eigenvalue weighted by Crippen LogP contribution is -2.41. The van der Waals surface area contributed by atoms with E-state index < -0.39 is 0 Å². The molecule has 0 spiro atoms. The number of amides is 2. The Labute approximate surface area is 202 Å². The minimum atomic E-state index is -0.126. The Balaban J connectivity index is 1.27. The number of thiazole rings is 1. The summed E-state index contributed by atoms with van der Waals surface area (Å²) in [6.45, 7) is 1.62. The molecule has 2 N–H and O–H groups in total. The lowest BCUT2D eigenvalue weighted by atomic mass is 9.96. The molecule has 0 unspecified atom stereocenters. The van der Waals surface area contributed by atoms with Crippen molar-refractivity contribution in [1.29, 1.82) is 0 Å². The third-order valence-electron chi connectivity index (χ3n) is 5.68. The van der Waals surface area contributed by atoms with Crippen molar-refractivity contribution in [3.05, 3.63) is 48.0 Å². The normalized spacial score (nSPS) is 14.4. The highest BCUT2D eigenvalue weighted by molar-refractivity contribution is 7.14. The van der Waals surface area contributed by atoms with Crippen LogP contribution >= 0.6 is 11.3 Å². The van der Waals surface area contributed by atoms with Gasteiger partial charge in [-0.1, -0.05) is 6.07 Å². The number of benzene rings is 1. The van der Waals surface area contributed by atoms with Crippen LogP contribution in [-0.2, 0) is 9.59 Å². The van der Waals surface area contributed by atoms with Crippen molar-refractivity contribution >= 4 is 34.1 Å². The van der Waals surface area contributed by atoms with E-state index in [-0.39, 0.29) is 24.3 Å². The van der Waals surface area contributed by atoms with Gasteiger partial charge < -0.3 is 20.1 Å². The highest BCUT2D eigenvalue weighted by Gasteiger charge is 2.26. The minimum absolute atomic E-state index is 0.0212. The molecular formula is C24H27N5O4S. The molecule has 0 radical (unpaired) electrons. The maximum Gasteiger partial charge on any atom is 0.240 e. The Kier molecular flexibility index (Phi) is 7.71. The van der Waals surface area contributed by atoms with Gasteiger partial charge in [-0.3, -0.25) is 14.5 Å². The lowest BCUT2D eigenvalue weighted by molar-refractivity contribution is -0.121. The summed E-state index contributed by atoms with van der Waals surface area (Å²) in [6, 6.07) is 10.9. The quantitative estimate of drug-likeness (QED) is 0.507. The van der Waals surface area contributed by atoms with Gasteiger partial charge in [0.05, 0.1) is 26.5 Å². The Bertz CT molecular complexity index is 1130. The number of ether oxygens (including phenoxy) is 2. The van der Waals surface area contributed by atoms with Crippen LogP contribution in [0.1, 0.15) is 12.8 Å². The van der Waals surface area contributed by atoms with E-state index in [0.717, 1.165) is 11.3 Å². The zero-order valence-electron chi connectivity index (χ0n) is 19.1. The molecule has 1 aliphatic heterocycles. The molecule has 34 heavy (non-hydrogen) atoms. The first kappa shape index (κ1) is 23.7. The Hall–Kier alpha value is -3.50. The molecule has 0 saturated carbocycles. The minimum Gasteiger partial charge on any atom is -0.497 e. The van der Waals surface area contributed by atoms with Crippen molar-refractivity contribution in [2.45, 2.75) is 12.8 Å². The molecule has 2 amide bonds. The van der Waals surface area contributed by atoms with Gasteiger partial charge in [-0.05, 0) is 50.2 Å². The van der Waals surface area contributed by atoms with Crippen LogP contribution in [0.15, 0.2) is 48.0 Å². The number of carbonyl (C=O) groups is 2. The molecule has 3 aromatic rings. The second-order valence-corrected chi connectivity index (χ2v) is 8.77. The average molecular weight is 482 g/mol. The van der Waals surface area contributed by atoms with Gasteiger partial charge in [0.1, 0.15) is 17.3 Å². The average Bonchev–Trinajstić information content (AvgIpc) is 3.32. The number of pyridine rings is 1. The number of anilines is 2. The summed E-state index contributed by atoms with van der Waals surface area (Å²) in [5.74, 6) is 1.68. The molecule has 3 heterocycles. The predicted molar refractivity (Wildman–Crippen MR) is 131 cm³/mol. The monoisotopic (exact) mass is 481 g/mol. The zero-order chi connectivity index (χ0) is 23.9. The highest BCUT2D eigenvalue weighted by Crippen LogP contribution is 2.34. The first-order chi connectivity index (χ1) is 16.6. The summed E-state index contributed by atoms with van der Waals surface area (Å²) < 4.78 is 10.7. The van der Waals surface area contributed by atoms with Crippen LogP contribution in [0.5, 0.6) is 11.5 Å². The first-order valence-corrected chi connectivity index (χ1v) is 11.9. The van der Waals surface area contributed by atoms with Crippen LogP contribution in [0.3, 0.4) is 0 Å². The fraction of sp³-hybridized carbons (Fsp3) is 0.333. The Morgan fingerprint density at radius 1 is 1.12 bits per heavy atom. The molecule has 1 saturated heterocycles. The first-order valence-electron chi connectivity index (χ1n) is 11.0. The largest absolute Gasteiger partial charge is 0.497 e. The second-order valence-electron chi connectivity index (χ2n) is 7.91. The molecule has 2 aromatic heterocycles. The van der Waals surface area contributed by atoms with Crippen LogP contribution in [0, 0.1) is 5.92 Å². The summed E-state index contributed by atoms with van der Waals surface area (Å²) >= 11 is 1.36. The molecule has 0 atom stereocenters. The van der Waals surface area contributed by atoms with Crippen LogP contribution in [-0.4, -0.2) is 60.5 Å². The van der Waals surface area contributed by atoms with Crippen molar-refractivity contribution in [3.63, 3.8) is 0 Å². The van der Waals surface area contributed by atoms with Gasteiger partial charge in [-0.25, -0.2) is 9.97 Å². The van der Waals surface area contributed by atoms with E-state index in [1.165, 1.54) is 11.3 Å². The molecular weight excluding hydrogens is 454 g/mol. The van der Waals surface area contributed by atoms with Crippen molar-refractivity contribution < 1.29 is 19.1 Å². The van der Waals surface area contributed by atoms with Crippen molar-refractivity contribution in [2.24, 2.45) is 5.92 Å². The van der Waals surface area contributed by atoms with E-state index in [1.807, 2.05) is 29.6 Å². The molecule has 178 valence electrons. The van der Waals surface area contributed by atoms with Gasteiger partial charge in [0.25, 0.3) is 0 Å². The summed E-state index contributed by atoms with van der Waals surface area (Å²) in [4.78, 5) is 35.8. The van der Waals surface area contributed by atoms with E-state index in [4.69, 9.17) is 9.47 Å². The fourth-order valence-corrected chi connectivity index (χ4v) is 4.57. The third kappa shape index (κ3) is 5.89.